The predicted octanol–water partition coefficient (Wildman–Crippen LogP) is 1.66. The van der Waals surface area contributed by atoms with Crippen LogP contribution in [0, 0.1) is 0 Å². The second kappa shape index (κ2) is 5.75. The lowest BCUT2D eigenvalue weighted by Gasteiger charge is -2.04. The summed E-state index contributed by atoms with van der Waals surface area (Å²) in [4.78, 5) is 34.1. The van der Waals surface area contributed by atoms with Crippen LogP contribution in [0.5, 0.6) is 0 Å². The summed E-state index contributed by atoms with van der Waals surface area (Å²) < 4.78 is 43.6. The van der Waals surface area contributed by atoms with E-state index in [1.807, 2.05) is 0 Å². The number of carbonyl (C=O) groups is 3. The first-order valence-corrected chi connectivity index (χ1v) is 6.26. The number of hydrogen-bond donors (Lipinski definition) is 1. The molecule has 0 radical (unpaired) electrons. The summed E-state index contributed by atoms with van der Waals surface area (Å²) in [6.07, 6.45) is -4.17. The van der Waals surface area contributed by atoms with Gasteiger partial charge in [0.1, 0.15) is 6.54 Å². The van der Waals surface area contributed by atoms with Crippen LogP contribution in [0.15, 0.2) is 24.4 Å². The Balaban J connectivity index is 2.69. The summed E-state index contributed by atoms with van der Waals surface area (Å²) in [5.41, 5.74) is 4.59. The maximum absolute atomic E-state index is 12.7. The number of benzene rings is 1. The molecule has 2 N–H and O–H groups in total. The van der Waals surface area contributed by atoms with E-state index in [1.54, 1.807) is 0 Å². The Bertz CT molecular complexity index is 808. The number of esters is 1. The van der Waals surface area contributed by atoms with Gasteiger partial charge in [0.25, 0.3) is 5.78 Å². The largest absolute Gasteiger partial charge is 0.465 e. The molecule has 0 bridgehead atoms. The molecule has 0 atom stereocenters. The number of halogens is 3. The zero-order valence-corrected chi connectivity index (χ0v) is 11.8. The number of nitrogens with two attached hydrogens (primary N) is 1. The van der Waals surface area contributed by atoms with Crippen LogP contribution in [0.25, 0.3) is 10.9 Å². The maximum atomic E-state index is 12.7. The van der Waals surface area contributed by atoms with E-state index < -0.39 is 35.9 Å². The number of hydrogen-bond acceptors (Lipinski definition) is 4. The predicted molar refractivity (Wildman–Crippen MR) is 72.9 cm³/mol. The second-order valence-corrected chi connectivity index (χ2v) is 4.69. The van der Waals surface area contributed by atoms with Crippen LogP contribution < -0.4 is 5.73 Å². The van der Waals surface area contributed by atoms with Crippen molar-refractivity contribution < 1.29 is 32.3 Å². The first-order chi connectivity index (χ1) is 10.6. The minimum atomic E-state index is -5.06. The van der Waals surface area contributed by atoms with E-state index in [0.29, 0.717) is 0 Å². The minimum Gasteiger partial charge on any atom is -0.465 e. The van der Waals surface area contributed by atoms with E-state index in [-0.39, 0.29) is 16.5 Å². The lowest BCUT2D eigenvalue weighted by molar-refractivity contribution is -0.118. The van der Waals surface area contributed by atoms with Crippen LogP contribution in [0.1, 0.15) is 20.7 Å². The van der Waals surface area contributed by atoms with Gasteiger partial charge in [-0.3, -0.25) is 9.59 Å². The number of methoxy groups -OCH3 is 1. The summed E-state index contributed by atoms with van der Waals surface area (Å²) >= 11 is 0. The van der Waals surface area contributed by atoms with Crippen molar-refractivity contribution in [3.05, 3.63) is 35.5 Å². The average molecular weight is 328 g/mol. The molecule has 0 saturated carbocycles. The van der Waals surface area contributed by atoms with Gasteiger partial charge in [-0.1, -0.05) is 6.07 Å². The highest BCUT2D eigenvalue weighted by molar-refractivity contribution is 6.11. The summed E-state index contributed by atoms with van der Waals surface area (Å²) in [5, 5.41) is -0.0405. The van der Waals surface area contributed by atoms with E-state index in [0.717, 1.165) is 17.9 Å². The normalized spacial score (nSPS) is 11.5. The van der Waals surface area contributed by atoms with Gasteiger partial charge in [-0.25, -0.2) is 4.79 Å². The minimum absolute atomic E-state index is 0.0405. The molecule has 0 aliphatic heterocycles. The number of ketones is 1. The van der Waals surface area contributed by atoms with Gasteiger partial charge in [0.2, 0.25) is 5.91 Å². The Labute approximate surface area is 127 Å². The van der Waals surface area contributed by atoms with Crippen molar-refractivity contribution in [1.29, 1.82) is 0 Å². The highest BCUT2D eigenvalue weighted by Crippen LogP contribution is 2.29. The zero-order valence-electron chi connectivity index (χ0n) is 11.8. The third-order valence-electron chi connectivity index (χ3n) is 3.13. The van der Waals surface area contributed by atoms with Crippen molar-refractivity contribution in [2.24, 2.45) is 5.73 Å². The van der Waals surface area contributed by atoms with Gasteiger partial charge in [-0.05, 0) is 12.1 Å². The number of rotatable bonds is 4. The van der Waals surface area contributed by atoms with E-state index in [1.165, 1.54) is 18.2 Å². The van der Waals surface area contributed by atoms with Gasteiger partial charge >= 0.3 is 12.1 Å². The lowest BCUT2D eigenvalue weighted by atomic mass is 10.1. The molecule has 0 spiro atoms. The van der Waals surface area contributed by atoms with Gasteiger partial charge in [-0.15, -0.1) is 0 Å². The fourth-order valence-corrected chi connectivity index (χ4v) is 2.17. The quantitative estimate of drug-likeness (QED) is 0.682. The molecule has 1 heterocycles. The summed E-state index contributed by atoms with van der Waals surface area (Å²) in [7, 11) is 1.15. The molecule has 1 aromatic carbocycles. The van der Waals surface area contributed by atoms with E-state index in [2.05, 4.69) is 4.74 Å². The first-order valence-electron chi connectivity index (χ1n) is 6.26. The summed E-state index contributed by atoms with van der Waals surface area (Å²) in [6, 6.07) is 3.66. The Morgan fingerprint density at radius 3 is 2.43 bits per heavy atom. The maximum Gasteiger partial charge on any atom is 0.454 e. The van der Waals surface area contributed by atoms with Crippen LogP contribution in [0.4, 0.5) is 13.2 Å². The van der Waals surface area contributed by atoms with Gasteiger partial charge < -0.3 is 15.0 Å². The number of carbonyl (C=O) groups excluding carboxylic acids is 3. The number of Topliss-reactive ketones (excluding diaryl/α,β-unsaturated/α-hetero) is 1. The average Bonchev–Trinajstić information content (AvgIpc) is 2.81. The monoisotopic (exact) mass is 328 g/mol. The summed E-state index contributed by atoms with van der Waals surface area (Å²) in [6.45, 7) is -0.438. The molecule has 2 rings (SSSR count). The molecule has 6 nitrogen and oxygen atoms in total. The molecule has 23 heavy (non-hydrogen) atoms. The van der Waals surface area contributed by atoms with E-state index in [9.17, 15) is 27.6 Å². The van der Waals surface area contributed by atoms with Crippen molar-refractivity contribution in [1.82, 2.24) is 4.57 Å². The number of nitrogens with zero attached hydrogens (tertiary/aromatic N) is 1. The van der Waals surface area contributed by atoms with Crippen LogP contribution in [-0.2, 0) is 16.1 Å². The molecule has 2 aromatic rings. The first kappa shape index (κ1) is 16.5. The van der Waals surface area contributed by atoms with Crippen molar-refractivity contribution in [3.63, 3.8) is 0 Å². The van der Waals surface area contributed by atoms with E-state index in [4.69, 9.17) is 5.73 Å². The summed E-state index contributed by atoms with van der Waals surface area (Å²) in [5.74, 6) is -3.56. The second-order valence-electron chi connectivity index (χ2n) is 4.69. The zero-order chi connectivity index (χ0) is 17.4. The van der Waals surface area contributed by atoms with Gasteiger partial charge in [0, 0.05) is 11.6 Å². The molecule has 0 aliphatic carbocycles. The SMILES string of the molecule is COC(=O)c1ccc2c(C(=O)C(F)(F)F)cn(CC(N)=O)c2c1. The van der Waals surface area contributed by atoms with Crippen molar-refractivity contribution in [2.75, 3.05) is 7.11 Å². The van der Waals surface area contributed by atoms with Crippen LogP contribution in [0.2, 0.25) is 0 Å². The van der Waals surface area contributed by atoms with Gasteiger partial charge in [0.15, 0.2) is 0 Å². The molecule has 122 valence electrons. The number of fused-ring (bicyclic) bond motifs is 1. The van der Waals surface area contributed by atoms with Gasteiger partial charge in [-0.2, -0.15) is 13.2 Å². The van der Waals surface area contributed by atoms with Crippen LogP contribution in [0.3, 0.4) is 0 Å². The number of aromatic nitrogens is 1. The molecule has 0 unspecified atom stereocenters. The van der Waals surface area contributed by atoms with Crippen molar-refractivity contribution >= 4 is 28.6 Å². The smallest absolute Gasteiger partial charge is 0.454 e. The third kappa shape index (κ3) is 3.17. The molecular weight excluding hydrogens is 317 g/mol. The molecule has 0 fully saturated rings. The highest BCUT2D eigenvalue weighted by atomic mass is 19.4. The molecule has 0 saturated heterocycles. The molecule has 1 aromatic heterocycles. The van der Waals surface area contributed by atoms with Gasteiger partial charge in [0.05, 0.1) is 23.8 Å². The topological polar surface area (TPSA) is 91.4 Å². The number of alkyl halides is 3. The fourth-order valence-electron chi connectivity index (χ4n) is 2.17. The molecule has 1 amide bonds. The standard InChI is InChI=1S/C14H11F3N2O4/c1-23-13(22)7-2-3-8-9(12(21)14(15,16)17)5-19(6-11(18)20)10(8)4-7/h2-5H,6H2,1H3,(H2,18,20). The van der Waals surface area contributed by atoms with Crippen molar-refractivity contribution in [2.45, 2.75) is 12.7 Å². The molecular formula is C14H11F3N2O4. The number of ether oxygens (including phenoxy) is 1. The fraction of sp³-hybridized carbons (Fsp3) is 0.214. The Morgan fingerprint density at radius 1 is 1.26 bits per heavy atom. The molecule has 0 aliphatic rings. The Kier molecular flexibility index (Phi) is 4.13. The van der Waals surface area contributed by atoms with E-state index >= 15 is 0 Å². The van der Waals surface area contributed by atoms with Crippen molar-refractivity contribution in [3.8, 4) is 0 Å². The number of primary amides is 1. The number of amides is 1. The highest BCUT2D eigenvalue weighted by Gasteiger charge is 2.41. The van der Waals surface area contributed by atoms with Crippen LogP contribution >= 0.6 is 0 Å². The third-order valence-corrected chi connectivity index (χ3v) is 3.13. The molecule has 9 heteroatoms. The Morgan fingerprint density at radius 2 is 1.91 bits per heavy atom. The lowest BCUT2D eigenvalue weighted by Crippen LogP contribution is -2.22. The Hall–Kier alpha value is -2.84. The van der Waals surface area contributed by atoms with Crippen LogP contribution in [-0.4, -0.2) is 35.5 Å².